The van der Waals surface area contributed by atoms with Crippen molar-refractivity contribution in [1.29, 1.82) is 0 Å². The van der Waals surface area contributed by atoms with Gasteiger partial charge in [0.1, 0.15) is 0 Å². The van der Waals surface area contributed by atoms with Crippen LogP contribution in [-0.2, 0) is 19.4 Å². The first kappa shape index (κ1) is 25.0. The van der Waals surface area contributed by atoms with Crippen molar-refractivity contribution in [3.63, 3.8) is 0 Å². The van der Waals surface area contributed by atoms with E-state index in [2.05, 4.69) is 101 Å². The van der Waals surface area contributed by atoms with Gasteiger partial charge in [0.2, 0.25) is 0 Å². The number of rotatable bonds is 7. The second kappa shape index (κ2) is 10.6. The molecule has 1 aliphatic rings. The average Bonchev–Trinajstić information content (AvgIpc) is 3.17. The Labute approximate surface area is 214 Å². The first-order valence-corrected chi connectivity index (χ1v) is 19.8. The van der Waals surface area contributed by atoms with E-state index in [1.54, 1.807) is 0 Å². The molecule has 4 rings (SSSR count). The van der Waals surface area contributed by atoms with Gasteiger partial charge in [-0.15, -0.1) is 0 Å². The Kier molecular flexibility index (Phi) is 8.05. The molecule has 0 spiro atoms. The van der Waals surface area contributed by atoms with Crippen molar-refractivity contribution in [2.45, 2.75) is 62.9 Å². The quantitative estimate of drug-likeness (QED) is 0.272. The molecular weight excluding hydrogens is 522 g/mol. The van der Waals surface area contributed by atoms with Gasteiger partial charge in [-0.2, -0.15) is 0 Å². The van der Waals surface area contributed by atoms with E-state index in [1.165, 1.54) is 50.1 Å². The van der Waals surface area contributed by atoms with Gasteiger partial charge in [0.15, 0.2) is 0 Å². The van der Waals surface area contributed by atoms with Crippen molar-refractivity contribution in [2.24, 2.45) is 0 Å². The normalized spacial score (nSPS) is 15.2. The topological polar surface area (TPSA) is 0 Å². The summed E-state index contributed by atoms with van der Waals surface area (Å²) in [7, 11) is 13.5. The Morgan fingerprint density at radius 1 is 0.818 bits per heavy atom. The third-order valence-electron chi connectivity index (χ3n) is 6.73. The zero-order chi connectivity index (χ0) is 23.7. The molecule has 1 unspecified atom stereocenters. The Hall–Kier alpha value is -1.14. The number of hydrogen-bond donors (Lipinski definition) is 0. The van der Waals surface area contributed by atoms with E-state index in [1.807, 2.05) is 0 Å². The maximum atomic E-state index is 6.75. The molecule has 0 aliphatic heterocycles. The van der Waals surface area contributed by atoms with Crippen LogP contribution in [0.15, 0.2) is 66.2 Å². The number of hydrogen-bond acceptors (Lipinski definition) is 0. The molecule has 3 aromatic carbocycles. The van der Waals surface area contributed by atoms with E-state index in [-0.39, 0.29) is 3.63 Å². The molecule has 1 aliphatic carbocycles. The van der Waals surface area contributed by atoms with Crippen LogP contribution in [-0.4, -0.2) is 0 Å². The van der Waals surface area contributed by atoms with Gasteiger partial charge in [0, 0.05) is 0 Å². The summed E-state index contributed by atoms with van der Waals surface area (Å²) in [5.74, 6) is 0.952. The summed E-state index contributed by atoms with van der Waals surface area (Å²) < 4.78 is 0.257. The number of benzene rings is 3. The molecule has 171 valence electrons. The standard InChI is InChI=1S/C30H33.2ClH.Zr/c1-6-10-22-15-24-13-14-28(23-11-8-7-9-12-23)30(29(24)16-22)27-18-25(20(2)3)17-26(19-27)21(4)5;;;/h7-9,11-21H,6,10H2,1-5H3;2*1H;/q;;;+2/p-2. The Morgan fingerprint density at radius 3 is 2.00 bits per heavy atom. The predicted octanol–water partition coefficient (Wildman–Crippen LogP) is 10.4. The second-order valence-electron chi connectivity index (χ2n) is 9.75. The molecule has 0 heterocycles. The van der Waals surface area contributed by atoms with E-state index in [0.29, 0.717) is 11.8 Å². The minimum atomic E-state index is -2.54. The first-order valence-electron chi connectivity index (χ1n) is 12.1. The van der Waals surface area contributed by atoms with Gasteiger partial charge >= 0.3 is 216 Å². The van der Waals surface area contributed by atoms with Gasteiger partial charge in [-0.05, 0) is 0 Å². The van der Waals surface area contributed by atoms with E-state index in [9.17, 15) is 0 Å². The zero-order valence-electron chi connectivity index (χ0n) is 20.3. The van der Waals surface area contributed by atoms with Crippen LogP contribution in [0.5, 0.6) is 0 Å². The van der Waals surface area contributed by atoms with E-state index >= 15 is 0 Å². The van der Waals surface area contributed by atoms with Crippen molar-refractivity contribution < 1.29 is 19.4 Å². The van der Waals surface area contributed by atoms with Crippen LogP contribution in [0.1, 0.15) is 85.2 Å². The molecule has 0 aromatic heterocycles. The van der Waals surface area contributed by atoms with Crippen LogP contribution in [0.3, 0.4) is 0 Å². The van der Waals surface area contributed by atoms with Crippen LogP contribution >= 0.6 is 17.0 Å². The fourth-order valence-electron chi connectivity index (χ4n) is 4.93. The van der Waals surface area contributed by atoms with Gasteiger partial charge in [-0.3, -0.25) is 0 Å². The average molecular weight is 556 g/mol. The number of halogens is 2. The van der Waals surface area contributed by atoms with E-state index < -0.39 is 19.4 Å². The van der Waals surface area contributed by atoms with Gasteiger partial charge in [0.05, 0.1) is 0 Å². The fourth-order valence-corrected chi connectivity index (χ4v) is 10.4. The second-order valence-corrected chi connectivity index (χ2v) is 18.6. The summed E-state index contributed by atoms with van der Waals surface area (Å²) in [5.41, 5.74) is 12.1. The molecule has 0 amide bonds. The van der Waals surface area contributed by atoms with Crippen molar-refractivity contribution in [1.82, 2.24) is 0 Å². The minimum absolute atomic E-state index is 0.257. The van der Waals surface area contributed by atoms with Gasteiger partial charge in [0.25, 0.3) is 0 Å². The molecule has 1 atom stereocenters. The summed E-state index contributed by atoms with van der Waals surface area (Å²) in [6, 6.07) is 22.6. The van der Waals surface area contributed by atoms with Crippen molar-refractivity contribution in [3.8, 4) is 22.3 Å². The van der Waals surface area contributed by atoms with E-state index in [4.69, 9.17) is 17.0 Å². The summed E-state index contributed by atoms with van der Waals surface area (Å²) in [5, 5.41) is 0. The van der Waals surface area contributed by atoms with Crippen LogP contribution in [0, 0.1) is 0 Å². The first-order chi connectivity index (χ1) is 15.8. The summed E-state index contributed by atoms with van der Waals surface area (Å²) in [4.78, 5) is 0. The molecule has 0 nitrogen and oxygen atoms in total. The van der Waals surface area contributed by atoms with Crippen molar-refractivity contribution >= 4 is 23.1 Å². The van der Waals surface area contributed by atoms with Crippen LogP contribution in [0.25, 0.3) is 28.3 Å². The molecule has 0 saturated heterocycles. The third-order valence-corrected chi connectivity index (χ3v) is 12.1. The van der Waals surface area contributed by atoms with Crippen LogP contribution in [0.4, 0.5) is 0 Å². The third kappa shape index (κ3) is 5.12. The zero-order valence-corrected chi connectivity index (χ0v) is 24.2. The molecule has 0 saturated carbocycles. The fraction of sp³-hybridized carbons (Fsp3) is 0.333. The SMILES string of the molecule is CCCC1=Cc2c(ccc(-c3ccccc3)c2-c2cc(C(C)C)cc(C(C)C)c2)[CH]1[Zr]([Cl])[Cl]. The molecule has 3 heteroatoms. The van der Waals surface area contributed by atoms with Gasteiger partial charge < -0.3 is 0 Å². The number of fused-ring (bicyclic) bond motifs is 1. The molecule has 0 radical (unpaired) electrons. The summed E-state index contributed by atoms with van der Waals surface area (Å²) in [6.45, 7) is 11.4. The Bertz CT molecular complexity index is 1130. The van der Waals surface area contributed by atoms with Crippen molar-refractivity contribution in [3.05, 3.63) is 88.5 Å². The van der Waals surface area contributed by atoms with E-state index in [0.717, 1.165) is 12.8 Å². The molecule has 0 bridgehead atoms. The molecule has 3 aromatic rings. The Morgan fingerprint density at radius 2 is 1.45 bits per heavy atom. The molecular formula is C30H33Cl2Zr. The molecule has 0 fully saturated rings. The predicted molar refractivity (Wildman–Crippen MR) is 143 cm³/mol. The monoisotopic (exact) mass is 553 g/mol. The summed E-state index contributed by atoms with van der Waals surface area (Å²) >= 11 is -2.54. The number of allylic oxidation sites excluding steroid dienone is 1. The maximum absolute atomic E-state index is 6.75. The van der Waals surface area contributed by atoms with Gasteiger partial charge in [-0.1, -0.05) is 0 Å². The van der Waals surface area contributed by atoms with Gasteiger partial charge in [-0.25, -0.2) is 0 Å². The molecule has 0 N–H and O–H groups in total. The van der Waals surface area contributed by atoms with Crippen LogP contribution in [0.2, 0.25) is 0 Å². The van der Waals surface area contributed by atoms with Crippen LogP contribution < -0.4 is 0 Å². The Balaban J connectivity index is 2.05. The molecule has 33 heavy (non-hydrogen) atoms. The summed E-state index contributed by atoms with van der Waals surface area (Å²) in [6.07, 6.45) is 4.60. The van der Waals surface area contributed by atoms with Crippen molar-refractivity contribution in [2.75, 3.05) is 0 Å².